The smallest absolute Gasteiger partial charge is 0.262 e. The van der Waals surface area contributed by atoms with E-state index < -0.39 is 15.3 Å². The van der Waals surface area contributed by atoms with Gasteiger partial charge in [0.05, 0.1) is 35.1 Å². The first-order valence-corrected chi connectivity index (χ1v) is 20.3. The summed E-state index contributed by atoms with van der Waals surface area (Å²) in [7, 11) is -1.14. The third-order valence-electron chi connectivity index (χ3n) is 12.6. The second kappa shape index (κ2) is 13.2. The van der Waals surface area contributed by atoms with Crippen molar-refractivity contribution in [1.29, 1.82) is 0 Å². The molecule has 1 unspecified atom stereocenters. The van der Waals surface area contributed by atoms with Crippen molar-refractivity contribution in [2.24, 2.45) is 17.8 Å². The molecule has 1 saturated heterocycles. The van der Waals surface area contributed by atoms with Crippen molar-refractivity contribution in [1.82, 2.24) is 9.62 Å². The van der Waals surface area contributed by atoms with Crippen LogP contribution >= 0.6 is 11.6 Å². The van der Waals surface area contributed by atoms with Crippen LogP contribution in [0.5, 0.6) is 5.75 Å². The van der Waals surface area contributed by atoms with Gasteiger partial charge in [0.15, 0.2) is 0 Å². The molecule has 1 spiro atoms. The van der Waals surface area contributed by atoms with Crippen LogP contribution in [-0.2, 0) is 26.3 Å². The minimum atomic E-state index is -2.97. The Balaban J connectivity index is 1.31. The molecule has 1 saturated carbocycles. The first-order valence-electron chi connectivity index (χ1n) is 18.1. The summed E-state index contributed by atoms with van der Waals surface area (Å²) in [5, 5.41) is 0.401. The molecule has 7 rings (SSSR count). The molecule has 7 atom stereocenters. The summed E-state index contributed by atoms with van der Waals surface area (Å²) in [6.45, 7) is 18.0. The van der Waals surface area contributed by atoms with Crippen LogP contribution in [0.4, 0.5) is 5.69 Å². The number of likely N-dealkylation sites (tertiary alicyclic amines) is 1. The average Bonchev–Trinajstić information content (AvgIpc) is 3.21. The Kier molecular flexibility index (Phi) is 9.33. The molecule has 0 aromatic heterocycles. The lowest BCUT2D eigenvalue weighted by molar-refractivity contribution is -0.104. The Bertz CT molecular complexity index is 1830. The van der Waals surface area contributed by atoms with Crippen molar-refractivity contribution in [3.63, 3.8) is 0 Å². The van der Waals surface area contributed by atoms with Crippen molar-refractivity contribution in [3.05, 3.63) is 81.7 Å². The van der Waals surface area contributed by atoms with Crippen LogP contribution < -0.4 is 14.4 Å². The van der Waals surface area contributed by atoms with Gasteiger partial charge in [-0.2, -0.15) is 0 Å². The topological polar surface area (TPSA) is 75.5 Å². The third kappa shape index (κ3) is 6.35. The SMILES string of the molecule is [C-]#[N+]C1(C)CN(C[C@@]2(OC)/C=C/C[C@H](C)[C@@H](C)S(=C)(=O)NC(=O)c3ccc4c(c3)N(C[C@@H]3CC[C@H]32)C[C@@]2(CCCc3cc(Cl)ccc32)CO4)C1. The number of benzene rings is 2. The van der Waals surface area contributed by atoms with Gasteiger partial charge in [0, 0.05) is 54.9 Å². The van der Waals surface area contributed by atoms with Crippen LogP contribution in [0.25, 0.3) is 4.85 Å². The number of hydrogen-bond acceptors (Lipinski definition) is 6. The summed E-state index contributed by atoms with van der Waals surface area (Å²) in [4.78, 5) is 22.5. The number of aryl methyl sites for hydroxylation is 1. The maximum absolute atomic E-state index is 14.0. The summed E-state index contributed by atoms with van der Waals surface area (Å²) >= 11 is 6.49. The van der Waals surface area contributed by atoms with Gasteiger partial charge in [0.1, 0.15) is 11.4 Å². The van der Waals surface area contributed by atoms with Crippen molar-refractivity contribution in [3.8, 4) is 5.75 Å². The van der Waals surface area contributed by atoms with Crippen LogP contribution in [-0.4, -0.2) is 83.7 Å². The highest BCUT2D eigenvalue weighted by molar-refractivity contribution is 7.99. The van der Waals surface area contributed by atoms with Crippen molar-refractivity contribution in [2.75, 3.05) is 51.3 Å². The Morgan fingerprint density at radius 1 is 1.18 bits per heavy atom. The molecular weight excluding hydrogens is 668 g/mol. The molecule has 1 N–H and O–H groups in total. The Labute approximate surface area is 303 Å². The molecule has 10 heteroatoms. The first kappa shape index (κ1) is 35.4. The molecule has 2 aromatic rings. The number of anilines is 1. The van der Waals surface area contributed by atoms with Crippen LogP contribution in [0.15, 0.2) is 48.6 Å². The average molecular weight is 719 g/mol. The number of halogens is 1. The largest absolute Gasteiger partial charge is 0.490 e. The van der Waals surface area contributed by atoms with Gasteiger partial charge in [-0.1, -0.05) is 36.7 Å². The quantitative estimate of drug-likeness (QED) is 0.220. The Morgan fingerprint density at radius 2 is 1.98 bits per heavy atom. The number of rotatable bonds is 3. The summed E-state index contributed by atoms with van der Waals surface area (Å²) in [6, 6.07) is 11.9. The highest BCUT2D eigenvalue weighted by Crippen LogP contribution is 2.49. The predicted octanol–water partition coefficient (Wildman–Crippen LogP) is 6.56. The van der Waals surface area contributed by atoms with Gasteiger partial charge < -0.3 is 19.2 Å². The number of methoxy groups -OCH3 is 1. The molecular formula is C40H51ClN4O4S. The molecule has 50 heavy (non-hydrogen) atoms. The molecule has 2 bridgehead atoms. The lowest BCUT2D eigenvalue weighted by Gasteiger charge is -2.53. The lowest BCUT2D eigenvalue weighted by Crippen LogP contribution is -2.64. The minimum absolute atomic E-state index is 0.00555. The maximum Gasteiger partial charge on any atom is 0.262 e. The molecule has 3 aliphatic heterocycles. The molecule has 2 aliphatic carbocycles. The number of hydrogen-bond donors (Lipinski definition) is 1. The fourth-order valence-electron chi connectivity index (χ4n) is 9.35. The normalized spacial score (nSPS) is 35.9. The number of carbonyl (C=O) groups excluding carboxylic acids is 1. The Hall–Kier alpha value is -3.03. The molecule has 268 valence electrons. The van der Waals surface area contributed by atoms with Crippen LogP contribution in [0, 0.1) is 24.3 Å². The highest BCUT2D eigenvalue weighted by atomic mass is 35.5. The van der Waals surface area contributed by atoms with Gasteiger partial charge in [-0.05, 0) is 111 Å². The zero-order valence-electron chi connectivity index (χ0n) is 29.9. The summed E-state index contributed by atoms with van der Waals surface area (Å²) in [5.41, 5.74) is 2.79. The van der Waals surface area contributed by atoms with E-state index in [1.807, 2.05) is 39.2 Å². The summed E-state index contributed by atoms with van der Waals surface area (Å²) in [5.74, 6) is 5.02. The van der Waals surface area contributed by atoms with Crippen LogP contribution in [0.3, 0.4) is 0 Å². The van der Waals surface area contributed by atoms with E-state index in [-0.39, 0.29) is 33.9 Å². The van der Waals surface area contributed by atoms with E-state index in [4.69, 9.17) is 27.6 Å². The predicted molar refractivity (Wildman–Crippen MR) is 203 cm³/mol. The van der Waals surface area contributed by atoms with Crippen LogP contribution in [0.1, 0.15) is 74.4 Å². The fourth-order valence-corrected chi connectivity index (χ4v) is 11.0. The Morgan fingerprint density at radius 3 is 2.70 bits per heavy atom. The van der Waals surface area contributed by atoms with E-state index in [9.17, 15) is 9.00 Å². The highest BCUT2D eigenvalue weighted by Gasteiger charge is 2.53. The van der Waals surface area contributed by atoms with Crippen LogP contribution in [0.2, 0.25) is 5.02 Å². The zero-order valence-corrected chi connectivity index (χ0v) is 31.5. The van der Waals surface area contributed by atoms with E-state index in [2.05, 4.69) is 56.4 Å². The summed E-state index contributed by atoms with van der Waals surface area (Å²) < 4.78 is 30.1. The van der Waals surface area contributed by atoms with E-state index in [0.29, 0.717) is 24.5 Å². The minimum Gasteiger partial charge on any atom is -0.490 e. The van der Waals surface area contributed by atoms with Gasteiger partial charge >= 0.3 is 0 Å². The molecule has 0 radical (unpaired) electrons. The monoisotopic (exact) mass is 718 g/mol. The van der Waals surface area contributed by atoms with Gasteiger partial charge in [-0.15, -0.1) is 0 Å². The molecule has 2 fully saturated rings. The molecule has 2 aromatic carbocycles. The van der Waals surface area contributed by atoms with Crippen molar-refractivity contribution >= 4 is 38.8 Å². The molecule has 1 amide bonds. The number of allylic oxidation sites excluding steroid dienone is 1. The van der Waals surface area contributed by atoms with Gasteiger partial charge in [-0.3, -0.25) is 14.4 Å². The summed E-state index contributed by atoms with van der Waals surface area (Å²) in [6.07, 6.45) is 10.3. The number of nitrogens with one attached hydrogen (secondary N) is 1. The fraction of sp³-hybridized carbons (Fsp3) is 0.575. The van der Waals surface area contributed by atoms with Gasteiger partial charge in [0.25, 0.3) is 11.4 Å². The van der Waals surface area contributed by atoms with Gasteiger partial charge in [-0.25, -0.2) is 10.8 Å². The number of carbonyl (C=O) groups is 1. The molecule has 8 nitrogen and oxygen atoms in total. The first-order chi connectivity index (χ1) is 23.8. The third-order valence-corrected chi connectivity index (χ3v) is 15.1. The number of fused-ring (bicyclic) bond motifs is 4. The van der Waals surface area contributed by atoms with Crippen molar-refractivity contribution in [2.45, 2.75) is 81.1 Å². The lowest BCUT2D eigenvalue weighted by atomic mass is 9.63. The van der Waals surface area contributed by atoms with Crippen molar-refractivity contribution < 1.29 is 18.5 Å². The second-order valence-corrected chi connectivity index (χ2v) is 19.0. The second-order valence-electron chi connectivity index (χ2n) is 16.1. The number of ether oxygens (including phenoxy) is 2. The van der Waals surface area contributed by atoms with E-state index in [1.54, 1.807) is 6.07 Å². The maximum atomic E-state index is 14.0. The zero-order chi connectivity index (χ0) is 35.5. The molecule has 5 aliphatic rings. The standard InChI is InChI=1S/C40H51ClN4O4S/c1-27-9-7-18-40(48-5,25-44-22-38(3,23-44)42-4)34-14-11-31(34)21-45-24-39(17-8-10-29-19-32(41)13-15-33(29)39)26-49-36-16-12-30(20-35(36)45)37(46)43-50(6,47)28(27)2/h7,12-13,15-16,18-20,27-28,31,34H,6,8-11,14,17,21-26H2,1-3,5H3,(H,43,46,47)/b18-7+/t27-,28+,31-,34+,39-,40-,50?/m0/s1. The van der Waals surface area contributed by atoms with E-state index >= 15 is 0 Å². The van der Waals surface area contributed by atoms with E-state index in [0.717, 1.165) is 81.3 Å². The van der Waals surface area contributed by atoms with E-state index in [1.165, 1.54) is 11.1 Å². The number of nitrogens with zero attached hydrogens (tertiary/aromatic N) is 3. The molecule has 3 heterocycles. The van der Waals surface area contributed by atoms with Gasteiger partial charge in [0.2, 0.25) is 0 Å². The number of amides is 1.